The first-order valence-corrected chi connectivity index (χ1v) is 9.00. The fraction of sp³-hybridized carbons (Fsp3) is 0. The number of nitrogens with one attached hydrogen (secondary N) is 1. The topological polar surface area (TPSA) is 133 Å². The number of aromatic nitrogens is 4. The molecule has 0 unspecified atom stereocenters. The standard InChI is InChI=1S/C13H8Cl2N6O4S/c14-8-4-9(15)12(5-11(8)21(22)23)26(24,25)19-10-2-1-3-17-13(10)20-7-16-6-18-20/h1-7,19H. The number of nitrogens with zero attached hydrogens (tertiary/aromatic N) is 5. The maximum atomic E-state index is 12.7. The van der Waals surface area contributed by atoms with Crippen LogP contribution in [-0.2, 0) is 10.0 Å². The van der Waals surface area contributed by atoms with Gasteiger partial charge in [0.25, 0.3) is 15.7 Å². The van der Waals surface area contributed by atoms with Gasteiger partial charge < -0.3 is 0 Å². The molecule has 2 aromatic heterocycles. The molecule has 0 bridgehead atoms. The molecule has 10 nitrogen and oxygen atoms in total. The van der Waals surface area contributed by atoms with Crippen LogP contribution in [0.1, 0.15) is 0 Å². The third-order valence-electron chi connectivity index (χ3n) is 3.15. The van der Waals surface area contributed by atoms with Crippen LogP contribution in [0.2, 0.25) is 10.0 Å². The van der Waals surface area contributed by atoms with E-state index in [1.54, 1.807) is 0 Å². The van der Waals surface area contributed by atoms with Crippen molar-refractivity contribution < 1.29 is 13.3 Å². The van der Waals surface area contributed by atoms with Crippen molar-refractivity contribution in [1.82, 2.24) is 19.7 Å². The van der Waals surface area contributed by atoms with Gasteiger partial charge in [-0.05, 0) is 18.2 Å². The lowest BCUT2D eigenvalue weighted by atomic mass is 10.3. The van der Waals surface area contributed by atoms with Gasteiger partial charge in [-0.25, -0.2) is 23.1 Å². The summed E-state index contributed by atoms with van der Waals surface area (Å²) in [5.41, 5.74) is -0.509. The van der Waals surface area contributed by atoms with Gasteiger partial charge in [-0.15, -0.1) is 0 Å². The zero-order valence-corrected chi connectivity index (χ0v) is 14.9. The van der Waals surface area contributed by atoms with Crippen LogP contribution in [0.3, 0.4) is 0 Å². The maximum absolute atomic E-state index is 12.7. The molecule has 0 amide bonds. The van der Waals surface area contributed by atoms with Crippen molar-refractivity contribution >= 4 is 44.6 Å². The van der Waals surface area contributed by atoms with E-state index < -0.39 is 25.5 Å². The Kier molecular flexibility index (Phi) is 4.76. The van der Waals surface area contributed by atoms with Crippen molar-refractivity contribution in [3.05, 3.63) is 63.3 Å². The molecule has 0 atom stereocenters. The molecule has 13 heteroatoms. The highest BCUT2D eigenvalue weighted by atomic mass is 35.5. The van der Waals surface area contributed by atoms with Crippen LogP contribution in [-0.4, -0.2) is 33.1 Å². The summed E-state index contributed by atoms with van der Waals surface area (Å²) < 4.78 is 28.9. The summed E-state index contributed by atoms with van der Waals surface area (Å²) >= 11 is 11.7. The first-order valence-electron chi connectivity index (χ1n) is 6.76. The number of pyridine rings is 1. The summed E-state index contributed by atoms with van der Waals surface area (Å²) in [6.07, 6.45) is 4.03. The van der Waals surface area contributed by atoms with E-state index in [-0.39, 0.29) is 21.6 Å². The second-order valence-corrected chi connectivity index (χ2v) is 7.28. The fourth-order valence-corrected chi connectivity index (χ4v) is 3.94. The van der Waals surface area contributed by atoms with Crippen LogP contribution in [0.5, 0.6) is 0 Å². The highest BCUT2D eigenvalue weighted by Gasteiger charge is 2.25. The summed E-state index contributed by atoms with van der Waals surface area (Å²) in [4.78, 5) is 17.5. The van der Waals surface area contributed by atoms with E-state index in [1.807, 2.05) is 0 Å². The van der Waals surface area contributed by atoms with Crippen molar-refractivity contribution in [3.63, 3.8) is 0 Å². The molecule has 0 aliphatic heterocycles. The molecule has 0 saturated carbocycles. The first-order chi connectivity index (χ1) is 12.3. The summed E-state index contributed by atoms with van der Waals surface area (Å²) in [7, 11) is -4.28. The fourth-order valence-electron chi connectivity index (χ4n) is 2.04. The maximum Gasteiger partial charge on any atom is 0.289 e. The van der Waals surface area contributed by atoms with Crippen molar-refractivity contribution in [3.8, 4) is 5.82 Å². The van der Waals surface area contributed by atoms with Gasteiger partial charge in [0.05, 0.1) is 15.6 Å². The molecule has 3 aromatic rings. The van der Waals surface area contributed by atoms with Crippen LogP contribution in [0.25, 0.3) is 5.82 Å². The van der Waals surface area contributed by atoms with Gasteiger partial charge in [0.2, 0.25) is 0 Å². The van der Waals surface area contributed by atoms with Crippen molar-refractivity contribution in [1.29, 1.82) is 0 Å². The molecule has 0 spiro atoms. The average Bonchev–Trinajstić information content (AvgIpc) is 3.08. The molecule has 26 heavy (non-hydrogen) atoms. The highest BCUT2D eigenvalue weighted by molar-refractivity contribution is 7.92. The predicted octanol–water partition coefficient (Wildman–Crippen LogP) is 2.68. The lowest BCUT2D eigenvalue weighted by molar-refractivity contribution is -0.384. The van der Waals surface area contributed by atoms with Crippen molar-refractivity contribution in [2.75, 3.05) is 4.72 Å². The molecule has 0 saturated heterocycles. The molecule has 0 radical (unpaired) electrons. The summed E-state index contributed by atoms with van der Waals surface area (Å²) in [5, 5.41) is 14.4. The van der Waals surface area contributed by atoms with Gasteiger partial charge in [-0.1, -0.05) is 23.2 Å². The van der Waals surface area contributed by atoms with E-state index in [4.69, 9.17) is 23.2 Å². The van der Waals surface area contributed by atoms with E-state index in [2.05, 4.69) is 19.8 Å². The number of nitro benzene ring substituents is 1. The molecule has 0 aliphatic carbocycles. The van der Waals surface area contributed by atoms with Crippen LogP contribution in [0.4, 0.5) is 11.4 Å². The molecule has 0 fully saturated rings. The Morgan fingerprint density at radius 2 is 2.00 bits per heavy atom. The highest BCUT2D eigenvalue weighted by Crippen LogP contribution is 2.34. The lowest BCUT2D eigenvalue weighted by Crippen LogP contribution is -2.16. The molecule has 134 valence electrons. The molecule has 1 N–H and O–H groups in total. The van der Waals surface area contributed by atoms with Crippen LogP contribution >= 0.6 is 23.2 Å². The Bertz CT molecular complexity index is 1090. The van der Waals surface area contributed by atoms with E-state index in [0.29, 0.717) is 0 Å². The molecule has 2 heterocycles. The molecule has 1 aromatic carbocycles. The van der Waals surface area contributed by atoms with Crippen LogP contribution in [0.15, 0.2) is 48.0 Å². The predicted molar refractivity (Wildman–Crippen MR) is 93.1 cm³/mol. The minimum atomic E-state index is -4.28. The molecule has 3 rings (SSSR count). The van der Waals surface area contributed by atoms with E-state index in [1.165, 1.54) is 35.7 Å². The third kappa shape index (κ3) is 3.45. The van der Waals surface area contributed by atoms with Crippen LogP contribution in [0, 0.1) is 10.1 Å². The Hall–Kier alpha value is -2.76. The minimum Gasteiger partial charge on any atom is -0.276 e. The number of halogens is 2. The Morgan fingerprint density at radius 1 is 1.23 bits per heavy atom. The summed E-state index contributed by atoms with van der Waals surface area (Å²) in [5.74, 6) is 0.160. The summed E-state index contributed by atoms with van der Waals surface area (Å²) in [6.45, 7) is 0. The van der Waals surface area contributed by atoms with Crippen molar-refractivity contribution in [2.45, 2.75) is 4.90 Å². The summed E-state index contributed by atoms with van der Waals surface area (Å²) in [6, 6.07) is 4.74. The van der Waals surface area contributed by atoms with Gasteiger partial charge in [0.15, 0.2) is 5.82 Å². The Morgan fingerprint density at radius 3 is 2.65 bits per heavy atom. The van der Waals surface area contributed by atoms with Gasteiger partial charge in [-0.3, -0.25) is 14.8 Å². The monoisotopic (exact) mass is 414 g/mol. The zero-order chi connectivity index (χ0) is 18.9. The minimum absolute atomic E-state index is 0.0756. The van der Waals surface area contributed by atoms with Crippen LogP contribution < -0.4 is 4.72 Å². The average molecular weight is 415 g/mol. The number of sulfonamides is 1. The SMILES string of the molecule is O=[N+]([O-])c1cc(S(=O)(=O)Nc2cccnc2-n2cncn2)c(Cl)cc1Cl. The number of hydrogen-bond donors (Lipinski definition) is 1. The first kappa shape index (κ1) is 18.0. The second-order valence-electron chi connectivity index (χ2n) is 4.81. The van der Waals surface area contributed by atoms with Gasteiger partial charge in [0.1, 0.15) is 22.6 Å². The van der Waals surface area contributed by atoms with E-state index in [9.17, 15) is 18.5 Å². The number of rotatable bonds is 5. The quantitative estimate of drug-likeness (QED) is 0.500. The Balaban J connectivity index is 2.07. The normalized spacial score (nSPS) is 11.3. The number of hydrogen-bond acceptors (Lipinski definition) is 7. The zero-order valence-electron chi connectivity index (χ0n) is 12.6. The van der Waals surface area contributed by atoms with Gasteiger partial charge in [-0.2, -0.15) is 5.10 Å². The Labute approximate surface area is 156 Å². The van der Waals surface area contributed by atoms with Gasteiger partial charge >= 0.3 is 0 Å². The number of anilines is 1. The molecule has 0 aliphatic rings. The number of nitro groups is 1. The third-order valence-corrected chi connectivity index (χ3v) is 5.29. The number of benzene rings is 1. The lowest BCUT2D eigenvalue weighted by Gasteiger charge is -2.12. The van der Waals surface area contributed by atoms with E-state index >= 15 is 0 Å². The molecular formula is C13H8Cl2N6O4S. The smallest absolute Gasteiger partial charge is 0.276 e. The second kappa shape index (κ2) is 6.86. The van der Waals surface area contributed by atoms with Gasteiger partial charge in [0, 0.05) is 12.3 Å². The van der Waals surface area contributed by atoms with Crippen molar-refractivity contribution in [2.24, 2.45) is 0 Å². The largest absolute Gasteiger partial charge is 0.289 e. The molecular weight excluding hydrogens is 407 g/mol. The van der Waals surface area contributed by atoms with E-state index in [0.717, 1.165) is 12.1 Å².